The molecule has 224 valence electrons. The minimum Gasteiger partial charge on any atom is -0.489 e. The zero-order chi connectivity index (χ0) is 30.3. The molecular weight excluding hydrogens is 610 g/mol. The average molecular weight is 635 g/mol. The van der Waals surface area contributed by atoms with E-state index in [0.29, 0.717) is 18.8 Å². The Kier molecular flexibility index (Phi) is 6.36. The Morgan fingerprint density at radius 3 is 2.32 bits per heavy atom. The molecule has 1 saturated heterocycles. The van der Waals surface area contributed by atoms with E-state index in [-0.39, 0.29) is 33.8 Å². The second-order valence-electron chi connectivity index (χ2n) is 11.8. The van der Waals surface area contributed by atoms with Crippen molar-refractivity contribution < 1.29 is 27.5 Å². The molecule has 0 radical (unpaired) electrons. The summed E-state index contributed by atoms with van der Waals surface area (Å²) in [5, 5.41) is 0.657. The maximum absolute atomic E-state index is 14.0. The fourth-order valence-corrected chi connectivity index (χ4v) is 11.0. The standard InChI is InChI=1S/C33H25F3N2O4S2/c34-33(35,36)20-11-5-6-12-21(20)38-30(39)25-18-14-19(26(25)31(38)40)27-24(18)23(28-29(43-27)37-32(41)44-28)17-10-4-7-13-22(17)42-15-16-8-2-1-3-9-16/h1-13,18-19,23-27H,14-15H2,(H,37,41)/t18-,19-,23+,24+,25+,26+,27-/m1/s1. The number of H-pyrrole nitrogens is 1. The summed E-state index contributed by atoms with van der Waals surface area (Å²) in [6.07, 6.45) is -4.08. The molecule has 44 heavy (non-hydrogen) atoms. The van der Waals surface area contributed by atoms with Crippen LogP contribution in [-0.4, -0.2) is 22.0 Å². The largest absolute Gasteiger partial charge is 0.489 e. The SMILES string of the molecule is O=C1[C@H]2[C@H]3C[C@@H]([C@@H]2C(=O)N1c1ccccc1C(F)(F)F)[C@H]1[C@H](c2ccccc2OCc2ccccc2)c2sc(=O)[nH]c2S[C@H]31. The molecule has 2 saturated carbocycles. The molecule has 4 aliphatic rings. The molecule has 3 heterocycles. The van der Waals surface area contributed by atoms with E-state index in [9.17, 15) is 27.6 Å². The number of benzene rings is 3. The molecule has 3 fully saturated rings. The second-order valence-corrected chi connectivity index (χ2v) is 14.0. The highest BCUT2D eigenvalue weighted by Gasteiger charge is 2.70. The Labute approximate surface area is 258 Å². The predicted octanol–water partition coefficient (Wildman–Crippen LogP) is 6.71. The first-order valence-corrected chi connectivity index (χ1v) is 16.1. The fraction of sp³-hybridized carbons (Fsp3) is 0.303. The molecular formula is C33H25F3N2O4S2. The highest BCUT2D eigenvalue weighted by atomic mass is 32.2. The van der Waals surface area contributed by atoms with Crippen LogP contribution in [0.4, 0.5) is 18.9 Å². The Morgan fingerprint density at radius 1 is 0.864 bits per heavy atom. The number of hydrogen-bond donors (Lipinski definition) is 1. The number of fused-ring (bicyclic) bond motifs is 9. The van der Waals surface area contributed by atoms with Gasteiger partial charge in [0.2, 0.25) is 11.8 Å². The van der Waals surface area contributed by atoms with Gasteiger partial charge in [-0.2, -0.15) is 13.2 Å². The summed E-state index contributed by atoms with van der Waals surface area (Å²) in [7, 11) is 0. The molecule has 6 nitrogen and oxygen atoms in total. The number of anilines is 1. The number of rotatable bonds is 5. The molecule has 2 amide bonds. The van der Waals surface area contributed by atoms with Gasteiger partial charge in [-0.1, -0.05) is 72.0 Å². The molecule has 3 aromatic carbocycles. The van der Waals surface area contributed by atoms with Gasteiger partial charge in [0, 0.05) is 21.6 Å². The van der Waals surface area contributed by atoms with Crippen LogP contribution in [0.5, 0.6) is 5.75 Å². The maximum Gasteiger partial charge on any atom is 0.418 e. The van der Waals surface area contributed by atoms with Crippen molar-refractivity contribution in [1.82, 2.24) is 4.98 Å². The zero-order valence-corrected chi connectivity index (χ0v) is 24.6. The molecule has 1 aromatic heterocycles. The third-order valence-corrected chi connectivity index (χ3v) is 12.3. The van der Waals surface area contributed by atoms with Gasteiger partial charge in [0.05, 0.1) is 28.1 Å². The number of halogens is 3. The van der Waals surface area contributed by atoms with Crippen molar-refractivity contribution in [3.63, 3.8) is 0 Å². The van der Waals surface area contributed by atoms with E-state index < -0.39 is 41.1 Å². The van der Waals surface area contributed by atoms with Crippen molar-refractivity contribution in [2.45, 2.75) is 35.4 Å². The summed E-state index contributed by atoms with van der Waals surface area (Å²) in [6.45, 7) is 0.348. The van der Waals surface area contributed by atoms with Gasteiger partial charge >= 0.3 is 11.0 Å². The minimum atomic E-state index is -4.72. The topological polar surface area (TPSA) is 79.5 Å². The molecule has 2 aliphatic heterocycles. The van der Waals surface area contributed by atoms with Crippen molar-refractivity contribution in [3.8, 4) is 5.75 Å². The first-order valence-electron chi connectivity index (χ1n) is 14.4. The van der Waals surface area contributed by atoms with Gasteiger partial charge in [-0.15, -0.1) is 11.8 Å². The molecule has 2 bridgehead atoms. The van der Waals surface area contributed by atoms with Crippen LogP contribution in [0.15, 0.2) is 88.7 Å². The minimum absolute atomic E-state index is 0.0965. The van der Waals surface area contributed by atoms with E-state index in [1.165, 1.54) is 30.0 Å². The lowest BCUT2D eigenvalue weighted by atomic mass is 9.68. The van der Waals surface area contributed by atoms with E-state index in [1.807, 2.05) is 54.6 Å². The first-order chi connectivity index (χ1) is 21.2. The van der Waals surface area contributed by atoms with Crippen molar-refractivity contribution in [1.29, 1.82) is 0 Å². The lowest BCUT2D eigenvalue weighted by molar-refractivity contribution is -0.137. The molecule has 2 aliphatic carbocycles. The van der Waals surface area contributed by atoms with E-state index >= 15 is 0 Å². The number of ether oxygens (including phenoxy) is 1. The molecule has 0 spiro atoms. The number of imide groups is 1. The molecule has 1 N–H and O–H groups in total. The normalized spacial score (nSPS) is 28.6. The number of aromatic amines is 1. The number of nitrogens with zero attached hydrogens (tertiary/aromatic N) is 1. The van der Waals surface area contributed by atoms with E-state index in [2.05, 4.69) is 4.98 Å². The highest BCUT2D eigenvalue weighted by molar-refractivity contribution is 8.00. The fourth-order valence-electron chi connectivity index (χ4n) is 8.12. The van der Waals surface area contributed by atoms with Crippen molar-refractivity contribution in [3.05, 3.63) is 110 Å². The quantitative estimate of drug-likeness (QED) is 0.247. The second kappa shape index (κ2) is 10.1. The third-order valence-electron chi connectivity index (χ3n) is 9.67. The summed E-state index contributed by atoms with van der Waals surface area (Å²) >= 11 is 2.68. The summed E-state index contributed by atoms with van der Waals surface area (Å²) in [5.74, 6) is -2.69. The Balaban J connectivity index is 1.19. The van der Waals surface area contributed by atoms with Gasteiger partial charge in [0.15, 0.2) is 0 Å². The summed E-state index contributed by atoms with van der Waals surface area (Å²) < 4.78 is 48.2. The molecule has 7 atom stereocenters. The van der Waals surface area contributed by atoms with E-state index in [0.717, 1.165) is 43.3 Å². The van der Waals surface area contributed by atoms with Crippen LogP contribution in [0.3, 0.4) is 0 Å². The van der Waals surface area contributed by atoms with Crippen LogP contribution in [0.1, 0.15) is 33.9 Å². The summed E-state index contributed by atoms with van der Waals surface area (Å²) in [6, 6.07) is 22.3. The number of thiazole rings is 1. The smallest absolute Gasteiger partial charge is 0.418 e. The van der Waals surface area contributed by atoms with Crippen molar-refractivity contribution >= 4 is 40.6 Å². The van der Waals surface area contributed by atoms with Crippen LogP contribution in [0.25, 0.3) is 0 Å². The number of nitrogens with one attached hydrogen (secondary N) is 1. The predicted molar refractivity (Wildman–Crippen MR) is 160 cm³/mol. The molecule has 0 unspecified atom stereocenters. The van der Waals surface area contributed by atoms with E-state index in [4.69, 9.17) is 4.74 Å². The third kappa shape index (κ3) is 4.12. The first kappa shape index (κ1) is 27.7. The zero-order valence-electron chi connectivity index (χ0n) is 23.0. The van der Waals surface area contributed by atoms with E-state index in [1.54, 1.807) is 0 Å². The number of amides is 2. The van der Waals surface area contributed by atoms with Crippen molar-refractivity contribution in [2.75, 3.05) is 4.90 Å². The summed E-state index contributed by atoms with van der Waals surface area (Å²) in [5.41, 5.74) is 0.501. The number of aromatic nitrogens is 1. The molecule has 11 heteroatoms. The van der Waals surface area contributed by atoms with Crippen LogP contribution in [0, 0.1) is 29.6 Å². The number of para-hydroxylation sites is 2. The lowest BCUT2D eigenvalue weighted by Crippen LogP contribution is -2.42. The van der Waals surface area contributed by atoms with Gasteiger partial charge < -0.3 is 9.72 Å². The Morgan fingerprint density at radius 2 is 1.55 bits per heavy atom. The van der Waals surface area contributed by atoms with Gasteiger partial charge in [-0.3, -0.25) is 14.4 Å². The monoisotopic (exact) mass is 634 g/mol. The van der Waals surface area contributed by atoms with Gasteiger partial charge in [-0.25, -0.2) is 4.90 Å². The van der Waals surface area contributed by atoms with Gasteiger partial charge in [0.25, 0.3) is 0 Å². The Bertz CT molecular complexity index is 1860. The van der Waals surface area contributed by atoms with Gasteiger partial charge in [-0.05, 0) is 47.9 Å². The van der Waals surface area contributed by atoms with Crippen LogP contribution >= 0.6 is 23.1 Å². The number of thioether (sulfide) groups is 1. The number of carbonyl (C=O) groups is 2. The van der Waals surface area contributed by atoms with Crippen LogP contribution in [-0.2, 0) is 22.4 Å². The summed E-state index contributed by atoms with van der Waals surface area (Å²) in [4.78, 5) is 45.0. The van der Waals surface area contributed by atoms with Crippen molar-refractivity contribution in [2.24, 2.45) is 29.6 Å². The Hall–Kier alpha value is -3.83. The maximum atomic E-state index is 14.0. The van der Waals surface area contributed by atoms with Crippen LogP contribution < -0.4 is 14.5 Å². The van der Waals surface area contributed by atoms with Gasteiger partial charge in [0.1, 0.15) is 12.4 Å². The average Bonchev–Trinajstić information content (AvgIpc) is 3.75. The van der Waals surface area contributed by atoms with Crippen LogP contribution in [0.2, 0.25) is 0 Å². The molecule has 4 aromatic rings. The number of alkyl halides is 3. The molecule has 8 rings (SSSR count). The number of hydrogen-bond acceptors (Lipinski definition) is 6. The highest BCUT2D eigenvalue weighted by Crippen LogP contribution is 2.69. The number of carbonyl (C=O) groups excluding carboxylic acids is 2. The lowest BCUT2D eigenvalue weighted by Gasteiger charge is -2.43.